The lowest BCUT2D eigenvalue weighted by molar-refractivity contribution is -0.233. The Morgan fingerprint density at radius 1 is 1.03 bits per heavy atom. The maximum Gasteiger partial charge on any atom is 0.421 e. The van der Waals surface area contributed by atoms with Crippen LogP contribution >= 0.6 is 0 Å². The summed E-state index contributed by atoms with van der Waals surface area (Å²) in [4.78, 5) is 27.3. The van der Waals surface area contributed by atoms with Crippen LogP contribution < -0.4 is 0 Å². The third-order valence-electron chi connectivity index (χ3n) is 5.26. The minimum Gasteiger partial charge on any atom is -0.318 e. The summed E-state index contributed by atoms with van der Waals surface area (Å²) >= 11 is 0. The summed E-state index contributed by atoms with van der Waals surface area (Å²) in [6.45, 7) is 0. The Labute approximate surface area is 171 Å². The molecule has 1 aliphatic rings. The largest absolute Gasteiger partial charge is 0.421 e. The Balaban J connectivity index is 2.13. The zero-order valence-corrected chi connectivity index (χ0v) is 16.3. The first kappa shape index (κ1) is 21.1. The topological polar surface area (TPSA) is 64.4 Å². The second kappa shape index (κ2) is 7.67. The van der Waals surface area contributed by atoms with Gasteiger partial charge < -0.3 is 9.80 Å². The molecule has 2 aromatic carbocycles. The van der Waals surface area contributed by atoms with Crippen LogP contribution in [0.2, 0.25) is 0 Å². The van der Waals surface area contributed by atoms with Gasteiger partial charge in [0, 0.05) is 20.5 Å². The van der Waals surface area contributed by atoms with E-state index < -0.39 is 30.0 Å². The number of carbonyl (C=O) groups excluding carboxylic acids is 2. The fourth-order valence-corrected chi connectivity index (χ4v) is 3.55. The monoisotopic (exact) mass is 413 g/mol. The number of amides is 2. The molecule has 0 spiro atoms. The van der Waals surface area contributed by atoms with Crippen LogP contribution in [0.3, 0.4) is 0 Å². The smallest absolute Gasteiger partial charge is 0.318 e. The summed E-state index contributed by atoms with van der Waals surface area (Å²) in [6, 6.07) is 16.0. The van der Waals surface area contributed by atoms with E-state index in [0.717, 1.165) is 19.0 Å². The van der Waals surface area contributed by atoms with Gasteiger partial charge in [0.1, 0.15) is 5.70 Å². The molecule has 0 aliphatic carbocycles. The molecule has 1 heterocycles. The van der Waals surface area contributed by atoms with Crippen molar-refractivity contribution in [2.75, 3.05) is 14.1 Å². The molecule has 30 heavy (non-hydrogen) atoms. The average molecular weight is 413 g/mol. The number of carbonyl (C=O) groups is 2. The van der Waals surface area contributed by atoms with Crippen LogP contribution in [0.25, 0.3) is 6.08 Å². The van der Waals surface area contributed by atoms with Crippen LogP contribution in [0.15, 0.2) is 60.3 Å². The van der Waals surface area contributed by atoms with Crippen molar-refractivity contribution in [3.8, 4) is 6.07 Å². The molecule has 0 bridgehead atoms. The van der Waals surface area contributed by atoms with Crippen molar-refractivity contribution >= 4 is 17.9 Å². The fraction of sp³-hybridized carbons (Fsp3) is 0.227. The third-order valence-corrected chi connectivity index (χ3v) is 5.26. The SMILES string of the molecule is CN1C(=O)C(Cc2ccccc2)(C(F)(F)F)N(C)C(=O)C1=Cc1ccccc1C#N. The van der Waals surface area contributed by atoms with Crippen molar-refractivity contribution in [1.82, 2.24) is 9.80 Å². The van der Waals surface area contributed by atoms with E-state index >= 15 is 0 Å². The van der Waals surface area contributed by atoms with Crippen LogP contribution in [0.4, 0.5) is 13.2 Å². The summed E-state index contributed by atoms with van der Waals surface area (Å²) < 4.78 is 42.9. The molecule has 0 N–H and O–H groups in total. The van der Waals surface area contributed by atoms with Gasteiger partial charge in [0.15, 0.2) is 0 Å². The normalized spacial score (nSPS) is 21.1. The zero-order chi connectivity index (χ0) is 22.1. The molecule has 1 fully saturated rings. The van der Waals surface area contributed by atoms with Crippen molar-refractivity contribution in [1.29, 1.82) is 5.26 Å². The van der Waals surface area contributed by atoms with E-state index in [1.165, 1.54) is 24.3 Å². The zero-order valence-electron chi connectivity index (χ0n) is 16.3. The first-order valence-corrected chi connectivity index (χ1v) is 9.01. The summed E-state index contributed by atoms with van der Waals surface area (Å²) in [5, 5.41) is 9.23. The summed E-state index contributed by atoms with van der Waals surface area (Å²) in [5.41, 5.74) is -2.43. The molecule has 8 heteroatoms. The van der Waals surface area contributed by atoms with E-state index in [9.17, 15) is 28.0 Å². The highest BCUT2D eigenvalue weighted by Crippen LogP contribution is 2.43. The molecule has 1 aliphatic heterocycles. The summed E-state index contributed by atoms with van der Waals surface area (Å²) in [5.74, 6) is -2.22. The van der Waals surface area contributed by atoms with E-state index in [2.05, 4.69) is 0 Å². The van der Waals surface area contributed by atoms with Crippen LogP contribution in [0, 0.1) is 11.3 Å². The Bertz CT molecular complexity index is 1060. The van der Waals surface area contributed by atoms with Crippen molar-refractivity contribution in [3.05, 3.63) is 77.0 Å². The Hall–Kier alpha value is -3.60. The highest BCUT2D eigenvalue weighted by atomic mass is 19.4. The molecule has 0 saturated carbocycles. The van der Waals surface area contributed by atoms with Crippen molar-refractivity contribution < 1.29 is 22.8 Å². The van der Waals surface area contributed by atoms with Gasteiger partial charge in [-0.05, 0) is 23.3 Å². The number of alkyl halides is 3. The second-order valence-electron chi connectivity index (χ2n) is 6.98. The minimum absolute atomic E-state index is 0.234. The Morgan fingerprint density at radius 3 is 2.23 bits per heavy atom. The number of halogens is 3. The van der Waals surface area contributed by atoms with E-state index in [4.69, 9.17) is 0 Å². The minimum atomic E-state index is -5.01. The number of rotatable bonds is 3. The number of nitrogens with zero attached hydrogens (tertiary/aromatic N) is 3. The number of likely N-dealkylation sites (N-methyl/N-ethyl adjacent to an activating group) is 2. The highest BCUT2D eigenvalue weighted by molar-refractivity contribution is 6.09. The van der Waals surface area contributed by atoms with Crippen LogP contribution in [-0.4, -0.2) is 47.4 Å². The van der Waals surface area contributed by atoms with E-state index in [1.54, 1.807) is 36.4 Å². The molecule has 3 rings (SSSR count). The lowest BCUT2D eigenvalue weighted by Crippen LogP contribution is -2.72. The molecule has 0 radical (unpaired) electrons. The standard InChI is InChI=1S/C22H18F3N3O2/c1-27-18(12-16-10-6-7-11-17(16)14-26)19(29)28(2)21(20(27)30,22(23,24)25)13-15-8-4-3-5-9-15/h3-12H,13H2,1-2H3. The van der Waals surface area contributed by atoms with Crippen molar-refractivity contribution in [3.63, 3.8) is 0 Å². The molecule has 5 nitrogen and oxygen atoms in total. The molecule has 2 amide bonds. The molecule has 1 unspecified atom stereocenters. The van der Waals surface area contributed by atoms with E-state index in [0.29, 0.717) is 10.5 Å². The van der Waals surface area contributed by atoms with Crippen LogP contribution in [0.5, 0.6) is 0 Å². The average Bonchev–Trinajstić information content (AvgIpc) is 2.73. The first-order chi connectivity index (χ1) is 14.1. The molecule has 154 valence electrons. The van der Waals surface area contributed by atoms with E-state index in [-0.39, 0.29) is 16.8 Å². The van der Waals surface area contributed by atoms with E-state index in [1.807, 2.05) is 6.07 Å². The molecule has 1 atom stereocenters. The Kier molecular flexibility index (Phi) is 5.40. The van der Waals surface area contributed by atoms with Gasteiger partial charge in [-0.2, -0.15) is 18.4 Å². The van der Waals surface area contributed by atoms with Gasteiger partial charge in [-0.25, -0.2) is 0 Å². The van der Waals surface area contributed by atoms with Gasteiger partial charge in [0.2, 0.25) is 5.54 Å². The summed E-state index contributed by atoms with van der Waals surface area (Å²) in [7, 11) is 2.12. The maximum atomic E-state index is 14.3. The van der Waals surface area contributed by atoms with Crippen LogP contribution in [-0.2, 0) is 16.0 Å². The number of benzene rings is 2. The second-order valence-corrected chi connectivity index (χ2v) is 6.98. The highest BCUT2D eigenvalue weighted by Gasteiger charge is 2.67. The van der Waals surface area contributed by atoms with Crippen molar-refractivity contribution in [2.45, 2.75) is 18.1 Å². The Morgan fingerprint density at radius 2 is 1.63 bits per heavy atom. The van der Waals surface area contributed by atoms with Gasteiger partial charge in [-0.3, -0.25) is 9.59 Å². The molecule has 1 saturated heterocycles. The maximum absolute atomic E-state index is 14.3. The predicted octanol–water partition coefficient (Wildman–Crippen LogP) is 3.37. The van der Waals surface area contributed by atoms with Gasteiger partial charge in [0.25, 0.3) is 11.8 Å². The van der Waals surface area contributed by atoms with Gasteiger partial charge >= 0.3 is 6.18 Å². The lowest BCUT2D eigenvalue weighted by Gasteiger charge is -2.48. The van der Waals surface area contributed by atoms with Crippen molar-refractivity contribution in [2.24, 2.45) is 0 Å². The molecule has 0 aromatic heterocycles. The number of hydrogen-bond acceptors (Lipinski definition) is 3. The quantitative estimate of drug-likeness (QED) is 0.725. The van der Waals surface area contributed by atoms with Gasteiger partial charge in [0.05, 0.1) is 11.6 Å². The number of piperazine rings is 1. The lowest BCUT2D eigenvalue weighted by atomic mass is 9.84. The van der Waals surface area contributed by atoms with Gasteiger partial charge in [-0.15, -0.1) is 0 Å². The van der Waals surface area contributed by atoms with Gasteiger partial charge in [-0.1, -0.05) is 48.5 Å². The molecular formula is C22H18F3N3O2. The fourth-order valence-electron chi connectivity index (χ4n) is 3.55. The molecule has 2 aromatic rings. The summed E-state index contributed by atoms with van der Waals surface area (Å²) in [6.07, 6.45) is -4.45. The predicted molar refractivity (Wildman–Crippen MR) is 104 cm³/mol. The number of nitriles is 1. The third kappa shape index (κ3) is 3.32. The number of hydrogen-bond donors (Lipinski definition) is 0. The first-order valence-electron chi connectivity index (χ1n) is 9.01. The van der Waals surface area contributed by atoms with Crippen LogP contribution in [0.1, 0.15) is 16.7 Å². The molecular weight excluding hydrogens is 395 g/mol.